The fraction of sp³-hybridized carbons (Fsp3) is 0.125. The summed E-state index contributed by atoms with van der Waals surface area (Å²) in [5.41, 5.74) is 12.7. The van der Waals surface area contributed by atoms with Gasteiger partial charge in [0.1, 0.15) is 0 Å². The Balaban J connectivity index is 1.42. The molecule has 0 atom stereocenters. The first-order chi connectivity index (χ1) is 23.9. The molecule has 0 saturated heterocycles. The Labute approximate surface area is 289 Å². The predicted octanol–water partition coefficient (Wildman–Crippen LogP) is 13.7. The quantitative estimate of drug-likeness (QED) is 0.171. The molecule has 49 heavy (non-hydrogen) atoms. The van der Waals surface area contributed by atoms with Crippen molar-refractivity contribution in [3.8, 4) is 22.3 Å². The highest BCUT2D eigenvalue weighted by molar-refractivity contribution is 6.16. The first kappa shape index (κ1) is 29.5. The van der Waals surface area contributed by atoms with Crippen LogP contribution in [0, 0.1) is 0 Å². The van der Waals surface area contributed by atoms with Gasteiger partial charge in [0.2, 0.25) is 0 Å². The second-order valence-electron chi connectivity index (χ2n) is 14.3. The van der Waals surface area contributed by atoms with E-state index in [2.05, 4.69) is 190 Å². The van der Waals surface area contributed by atoms with Gasteiger partial charge in [-0.2, -0.15) is 0 Å². The Bertz CT molecular complexity index is 2570. The molecule has 0 amide bonds. The van der Waals surface area contributed by atoms with Gasteiger partial charge in [-0.1, -0.05) is 161 Å². The molecule has 1 heteroatoms. The predicted molar refractivity (Wildman–Crippen MR) is 211 cm³/mol. The molecule has 1 nitrogen and oxygen atoms in total. The molecule has 0 saturated carbocycles. The summed E-state index contributed by atoms with van der Waals surface area (Å²) in [6.07, 6.45) is 0. The van der Waals surface area contributed by atoms with E-state index in [1.54, 1.807) is 0 Å². The maximum absolute atomic E-state index is 2.55. The molecule has 0 aromatic heterocycles. The van der Waals surface area contributed by atoms with E-state index >= 15 is 0 Å². The molecule has 1 aliphatic rings. The Hall–Kier alpha value is -5.66. The van der Waals surface area contributed by atoms with Crippen molar-refractivity contribution in [1.82, 2.24) is 0 Å². The van der Waals surface area contributed by atoms with Crippen LogP contribution in [-0.4, -0.2) is 0 Å². The molecule has 0 spiro atoms. The lowest BCUT2D eigenvalue weighted by Gasteiger charge is -2.32. The van der Waals surface area contributed by atoms with E-state index in [0.717, 1.165) is 0 Å². The van der Waals surface area contributed by atoms with Crippen molar-refractivity contribution in [1.29, 1.82) is 0 Å². The van der Waals surface area contributed by atoms with Crippen LogP contribution in [0.15, 0.2) is 158 Å². The number of benzene rings is 8. The van der Waals surface area contributed by atoms with Crippen molar-refractivity contribution in [2.24, 2.45) is 0 Å². The molecular weight excluding hydrogens is 591 g/mol. The molecule has 0 heterocycles. The van der Waals surface area contributed by atoms with Gasteiger partial charge < -0.3 is 4.90 Å². The number of hydrogen-bond acceptors (Lipinski definition) is 1. The van der Waals surface area contributed by atoms with Crippen LogP contribution >= 0.6 is 0 Å². The zero-order valence-electron chi connectivity index (χ0n) is 28.5. The summed E-state index contributed by atoms with van der Waals surface area (Å²) in [5, 5.41) is 7.52. The van der Waals surface area contributed by atoms with Gasteiger partial charge in [-0.25, -0.2) is 0 Å². The van der Waals surface area contributed by atoms with E-state index in [-0.39, 0.29) is 5.41 Å². The summed E-state index contributed by atoms with van der Waals surface area (Å²) in [4.78, 5) is 2.55. The molecule has 1 aliphatic carbocycles. The second kappa shape index (κ2) is 11.2. The van der Waals surface area contributed by atoms with Gasteiger partial charge in [-0.15, -0.1) is 0 Å². The summed E-state index contributed by atoms with van der Waals surface area (Å²) in [5.74, 6) is 0.372. The minimum absolute atomic E-state index is 0.116. The molecule has 236 valence electrons. The Morgan fingerprint density at radius 1 is 0.449 bits per heavy atom. The minimum Gasteiger partial charge on any atom is -0.309 e. The molecule has 0 N–H and O–H groups in total. The van der Waals surface area contributed by atoms with Crippen LogP contribution in [0.4, 0.5) is 17.1 Å². The number of anilines is 3. The van der Waals surface area contributed by atoms with Gasteiger partial charge in [0.25, 0.3) is 0 Å². The van der Waals surface area contributed by atoms with Crippen LogP contribution in [0.2, 0.25) is 0 Å². The van der Waals surface area contributed by atoms with Crippen LogP contribution in [0.5, 0.6) is 0 Å². The summed E-state index contributed by atoms with van der Waals surface area (Å²) in [6.45, 7) is 9.35. The van der Waals surface area contributed by atoms with Crippen LogP contribution in [0.3, 0.4) is 0 Å². The maximum Gasteiger partial charge on any atom is 0.0546 e. The minimum atomic E-state index is -0.116. The number of nitrogens with zero attached hydrogens (tertiary/aromatic N) is 1. The highest BCUT2D eigenvalue weighted by Crippen LogP contribution is 2.53. The van der Waals surface area contributed by atoms with Crippen molar-refractivity contribution < 1.29 is 0 Å². The lowest BCUT2D eigenvalue weighted by molar-refractivity contribution is 0.660. The lowest BCUT2D eigenvalue weighted by atomic mass is 9.82. The fourth-order valence-corrected chi connectivity index (χ4v) is 8.42. The van der Waals surface area contributed by atoms with E-state index in [4.69, 9.17) is 0 Å². The molecule has 0 radical (unpaired) electrons. The highest BCUT2D eigenvalue weighted by Gasteiger charge is 2.36. The summed E-state index contributed by atoms with van der Waals surface area (Å²) in [7, 11) is 0. The Morgan fingerprint density at radius 2 is 1.06 bits per heavy atom. The molecule has 8 aromatic rings. The van der Waals surface area contributed by atoms with E-state index in [0.29, 0.717) is 5.92 Å². The van der Waals surface area contributed by atoms with Gasteiger partial charge in [0, 0.05) is 22.1 Å². The van der Waals surface area contributed by atoms with Gasteiger partial charge >= 0.3 is 0 Å². The monoisotopic (exact) mass is 629 g/mol. The first-order valence-corrected chi connectivity index (χ1v) is 17.5. The van der Waals surface area contributed by atoms with Crippen molar-refractivity contribution in [2.45, 2.75) is 39.0 Å². The third kappa shape index (κ3) is 4.53. The fourth-order valence-electron chi connectivity index (χ4n) is 8.42. The van der Waals surface area contributed by atoms with Crippen LogP contribution < -0.4 is 4.90 Å². The standard InChI is InChI=1S/C48H39N/c1-31(2)35-17-9-12-23-42(35)47-37-19-8-5-15-32(37)25-28-45(47)49(46-29-33-16-6-7-18-36(33)38-20-10-11-22-41(38)46)34-26-27-40-39-21-13-14-24-43(39)48(3,4)44(40)30-34/h5-31H,1-4H3. The summed E-state index contributed by atoms with van der Waals surface area (Å²) in [6, 6.07) is 58.7. The first-order valence-electron chi connectivity index (χ1n) is 17.5. The topological polar surface area (TPSA) is 3.24 Å². The average molecular weight is 630 g/mol. The van der Waals surface area contributed by atoms with Crippen molar-refractivity contribution >= 4 is 49.4 Å². The van der Waals surface area contributed by atoms with E-state index in [9.17, 15) is 0 Å². The molecule has 0 unspecified atom stereocenters. The third-order valence-electron chi connectivity index (χ3n) is 10.8. The zero-order chi connectivity index (χ0) is 33.3. The van der Waals surface area contributed by atoms with Crippen molar-refractivity contribution in [3.63, 3.8) is 0 Å². The Kier molecular flexibility index (Phi) is 6.74. The van der Waals surface area contributed by atoms with E-state index < -0.39 is 0 Å². The van der Waals surface area contributed by atoms with Crippen molar-refractivity contribution in [3.05, 3.63) is 174 Å². The SMILES string of the molecule is CC(C)c1ccccc1-c1c(N(c2ccc3c(c2)C(C)(C)c2ccccc2-3)c2cc3ccccc3c3ccccc23)ccc2ccccc12. The van der Waals surface area contributed by atoms with Crippen LogP contribution in [0.25, 0.3) is 54.6 Å². The number of rotatable bonds is 5. The zero-order valence-corrected chi connectivity index (χ0v) is 28.5. The summed E-state index contributed by atoms with van der Waals surface area (Å²) >= 11 is 0. The lowest BCUT2D eigenvalue weighted by Crippen LogP contribution is -2.17. The molecule has 8 aromatic carbocycles. The summed E-state index contributed by atoms with van der Waals surface area (Å²) < 4.78 is 0. The molecule has 9 rings (SSSR count). The molecule has 0 fully saturated rings. The second-order valence-corrected chi connectivity index (χ2v) is 14.3. The average Bonchev–Trinajstić information content (AvgIpc) is 3.37. The number of fused-ring (bicyclic) bond motifs is 7. The van der Waals surface area contributed by atoms with Gasteiger partial charge in [0.15, 0.2) is 0 Å². The van der Waals surface area contributed by atoms with Gasteiger partial charge in [-0.05, 0) is 90.5 Å². The van der Waals surface area contributed by atoms with E-state index in [1.807, 2.05) is 0 Å². The van der Waals surface area contributed by atoms with Gasteiger partial charge in [-0.3, -0.25) is 0 Å². The third-order valence-corrected chi connectivity index (χ3v) is 10.8. The van der Waals surface area contributed by atoms with Crippen LogP contribution in [0.1, 0.15) is 50.3 Å². The molecule has 0 aliphatic heterocycles. The smallest absolute Gasteiger partial charge is 0.0546 e. The highest BCUT2D eigenvalue weighted by atomic mass is 15.1. The molecule has 0 bridgehead atoms. The Morgan fingerprint density at radius 3 is 1.86 bits per heavy atom. The maximum atomic E-state index is 2.55. The number of hydrogen-bond donors (Lipinski definition) is 0. The van der Waals surface area contributed by atoms with E-state index in [1.165, 1.54) is 88.3 Å². The van der Waals surface area contributed by atoms with Gasteiger partial charge in [0.05, 0.1) is 11.4 Å². The molecular formula is C48H39N. The normalized spacial score (nSPS) is 13.2. The van der Waals surface area contributed by atoms with Crippen molar-refractivity contribution in [2.75, 3.05) is 4.90 Å². The van der Waals surface area contributed by atoms with Crippen LogP contribution in [-0.2, 0) is 5.41 Å². The largest absolute Gasteiger partial charge is 0.309 e.